The number of hydrogen-bond donors (Lipinski definition) is 2. The Labute approximate surface area is 117 Å². The Morgan fingerprint density at radius 2 is 2.15 bits per heavy atom. The van der Waals surface area contributed by atoms with Crippen LogP contribution in [0.5, 0.6) is 0 Å². The van der Waals surface area contributed by atoms with Gasteiger partial charge < -0.3 is 10.3 Å². The topological polar surface area (TPSA) is 102 Å². The predicted octanol–water partition coefficient (Wildman–Crippen LogP) is 2.14. The highest BCUT2D eigenvalue weighted by atomic mass is 16.6. The van der Waals surface area contributed by atoms with Crippen LogP contribution in [0.2, 0.25) is 0 Å². The van der Waals surface area contributed by atoms with Gasteiger partial charge in [0.15, 0.2) is 0 Å². The molecule has 0 radical (unpaired) electrons. The summed E-state index contributed by atoms with van der Waals surface area (Å²) < 4.78 is 0. The van der Waals surface area contributed by atoms with E-state index in [1.54, 1.807) is 4.90 Å². The van der Waals surface area contributed by atoms with E-state index in [4.69, 9.17) is 5.84 Å². The fraction of sp³-hybridized carbons (Fsp3) is 0.462. The van der Waals surface area contributed by atoms with E-state index in [1.165, 1.54) is 18.2 Å². The third-order valence-corrected chi connectivity index (χ3v) is 3.05. The molecule has 0 atom stereocenters. The van der Waals surface area contributed by atoms with Crippen LogP contribution in [0.1, 0.15) is 37.0 Å². The van der Waals surface area contributed by atoms with Crippen LogP contribution in [0.15, 0.2) is 18.2 Å². The van der Waals surface area contributed by atoms with Crippen molar-refractivity contribution in [1.82, 2.24) is 4.90 Å². The number of unbranched alkanes of at least 4 members (excludes halogenated alkanes) is 1. The molecule has 1 aromatic carbocycles. The minimum absolute atomic E-state index is 0.132. The van der Waals surface area contributed by atoms with Crippen molar-refractivity contribution in [3.05, 3.63) is 33.9 Å². The van der Waals surface area contributed by atoms with Crippen molar-refractivity contribution in [1.29, 1.82) is 0 Å². The van der Waals surface area contributed by atoms with Crippen molar-refractivity contribution in [2.75, 3.05) is 18.5 Å². The number of nitrogens with two attached hydrogens (primary N) is 1. The minimum Gasteiger partial charge on any atom is -0.339 e. The third kappa shape index (κ3) is 3.67. The molecule has 0 unspecified atom stereocenters. The summed E-state index contributed by atoms with van der Waals surface area (Å²) in [6.07, 6.45) is 1.92. The van der Waals surface area contributed by atoms with Crippen LogP contribution < -0.4 is 11.3 Å². The van der Waals surface area contributed by atoms with Crippen LogP contribution in [0.4, 0.5) is 11.4 Å². The first-order chi connectivity index (χ1) is 9.54. The van der Waals surface area contributed by atoms with E-state index < -0.39 is 4.92 Å². The molecule has 0 saturated heterocycles. The molecule has 0 aliphatic heterocycles. The van der Waals surface area contributed by atoms with E-state index in [2.05, 4.69) is 12.3 Å². The van der Waals surface area contributed by atoms with Gasteiger partial charge >= 0.3 is 0 Å². The second-order valence-corrected chi connectivity index (χ2v) is 4.37. The number of rotatable bonds is 7. The van der Waals surface area contributed by atoms with E-state index in [0.717, 1.165) is 12.8 Å². The van der Waals surface area contributed by atoms with Crippen LogP contribution in [0.3, 0.4) is 0 Å². The molecule has 0 spiro atoms. The minimum atomic E-state index is -0.544. The number of nitrogens with zero attached hydrogens (tertiary/aromatic N) is 2. The number of amides is 1. The molecule has 0 bridgehead atoms. The van der Waals surface area contributed by atoms with Gasteiger partial charge in [0.05, 0.1) is 4.92 Å². The standard InChI is InChI=1S/C13H20N4O3/c1-3-5-8-16(4-2)13(18)10-6-7-12(17(19)20)11(9-10)15-14/h6-7,9,15H,3-5,8,14H2,1-2H3. The Kier molecular flexibility index (Phi) is 5.92. The summed E-state index contributed by atoms with van der Waals surface area (Å²) in [6, 6.07) is 4.15. The third-order valence-electron chi connectivity index (χ3n) is 3.05. The molecule has 0 aromatic heterocycles. The number of anilines is 1. The van der Waals surface area contributed by atoms with E-state index in [0.29, 0.717) is 18.7 Å². The average Bonchev–Trinajstić information content (AvgIpc) is 2.46. The lowest BCUT2D eigenvalue weighted by atomic mass is 10.1. The number of carbonyl (C=O) groups is 1. The van der Waals surface area contributed by atoms with Crippen molar-refractivity contribution in [3.8, 4) is 0 Å². The van der Waals surface area contributed by atoms with Gasteiger partial charge in [0, 0.05) is 24.7 Å². The summed E-state index contributed by atoms with van der Waals surface area (Å²) in [5.74, 6) is 5.12. The SMILES string of the molecule is CCCCN(CC)C(=O)c1ccc([N+](=O)[O-])c(NN)c1. The fourth-order valence-corrected chi connectivity index (χ4v) is 1.88. The maximum absolute atomic E-state index is 12.3. The van der Waals surface area contributed by atoms with Crippen LogP contribution >= 0.6 is 0 Å². The van der Waals surface area contributed by atoms with Gasteiger partial charge in [0.1, 0.15) is 5.69 Å². The maximum Gasteiger partial charge on any atom is 0.293 e. The Balaban J connectivity index is 3.01. The zero-order valence-electron chi connectivity index (χ0n) is 11.8. The van der Waals surface area contributed by atoms with E-state index in [1.807, 2.05) is 6.92 Å². The van der Waals surface area contributed by atoms with Crippen LogP contribution in [-0.2, 0) is 0 Å². The number of nitro benzene ring substituents is 1. The molecule has 7 heteroatoms. The normalized spacial score (nSPS) is 10.2. The second kappa shape index (κ2) is 7.44. The average molecular weight is 280 g/mol. The van der Waals surface area contributed by atoms with Crippen LogP contribution in [-0.4, -0.2) is 28.8 Å². The van der Waals surface area contributed by atoms with Crippen molar-refractivity contribution >= 4 is 17.3 Å². The number of hydrazine groups is 1. The molecule has 1 rings (SSSR count). The van der Waals surface area contributed by atoms with Gasteiger partial charge in [-0.1, -0.05) is 13.3 Å². The monoisotopic (exact) mass is 280 g/mol. The molecular formula is C13H20N4O3. The zero-order chi connectivity index (χ0) is 15.1. The van der Waals surface area contributed by atoms with E-state index in [-0.39, 0.29) is 17.3 Å². The van der Waals surface area contributed by atoms with E-state index in [9.17, 15) is 14.9 Å². The largest absolute Gasteiger partial charge is 0.339 e. The second-order valence-electron chi connectivity index (χ2n) is 4.37. The molecule has 0 aliphatic carbocycles. The number of carbonyl (C=O) groups excluding carboxylic acids is 1. The highest BCUT2D eigenvalue weighted by molar-refractivity contribution is 5.95. The molecule has 7 nitrogen and oxygen atoms in total. The Bertz CT molecular complexity index is 491. The molecule has 0 saturated carbocycles. The van der Waals surface area contributed by atoms with E-state index >= 15 is 0 Å². The Hall–Kier alpha value is -2.15. The predicted molar refractivity (Wildman–Crippen MR) is 77.4 cm³/mol. The molecule has 1 aromatic rings. The number of hydrogen-bond acceptors (Lipinski definition) is 5. The summed E-state index contributed by atoms with van der Waals surface area (Å²) in [6.45, 7) is 5.23. The lowest BCUT2D eigenvalue weighted by molar-refractivity contribution is -0.384. The van der Waals surface area contributed by atoms with Crippen molar-refractivity contribution in [2.24, 2.45) is 5.84 Å². The first-order valence-corrected chi connectivity index (χ1v) is 6.59. The van der Waals surface area contributed by atoms with Crippen LogP contribution in [0.25, 0.3) is 0 Å². The van der Waals surface area contributed by atoms with Crippen molar-refractivity contribution < 1.29 is 9.72 Å². The molecular weight excluding hydrogens is 260 g/mol. The first-order valence-electron chi connectivity index (χ1n) is 6.59. The summed E-state index contributed by atoms with van der Waals surface area (Å²) in [7, 11) is 0. The molecule has 110 valence electrons. The van der Waals surface area contributed by atoms with Gasteiger partial charge in [-0.3, -0.25) is 20.8 Å². The lowest BCUT2D eigenvalue weighted by Gasteiger charge is -2.20. The molecule has 0 heterocycles. The Morgan fingerprint density at radius 3 is 2.65 bits per heavy atom. The first kappa shape index (κ1) is 15.9. The van der Waals surface area contributed by atoms with Crippen LogP contribution in [0, 0.1) is 10.1 Å². The molecule has 20 heavy (non-hydrogen) atoms. The summed E-state index contributed by atoms with van der Waals surface area (Å²) in [5.41, 5.74) is 2.63. The summed E-state index contributed by atoms with van der Waals surface area (Å²) >= 11 is 0. The summed E-state index contributed by atoms with van der Waals surface area (Å²) in [5, 5.41) is 10.8. The molecule has 1 amide bonds. The molecule has 0 aliphatic rings. The highest BCUT2D eigenvalue weighted by Gasteiger charge is 2.19. The van der Waals surface area contributed by atoms with Gasteiger partial charge in [0.2, 0.25) is 0 Å². The Morgan fingerprint density at radius 1 is 1.45 bits per heavy atom. The number of nitro groups is 1. The van der Waals surface area contributed by atoms with Gasteiger partial charge in [-0.15, -0.1) is 0 Å². The molecule has 3 N–H and O–H groups in total. The zero-order valence-corrected chi connectivity index (χ0v) is 11.8. The van der Waals surface area contributed by atoms with Gasteiger partial charge in [-0.2, -0.15) is 0 Å². The lowest BCUT2D eigenvalue weighted by Crippen LogP contribution is -2.31. The van der Waals surface area contributed by atoms with Crippen molar-refractivity contribution in [3.63, 3.8) is 0 Å². The number of nitrogens with one attached hydrogen (secondary N) is 1. The highest BCUT2D eigenvalue weighted by Crippen LogP contribution is 2.25. The molecule has 0 fully saturated rings. The van der Waals surface area contributed by atoms with Gasteiger partial charge in [0.25, 0.3) is 11.6 Å². The maximum atomic E-state index is 12.3. The fourth-order valence-electron chi connectivity index (χ4n) is 1.88. The quantitative estimate of drug-likeness (QED) is 0.452. The van der Waals surface area contributed by atoms with Gasteiger partial charge in [-0.05, 0) is 25.5 Å². The smallest absolute Gasteiger partial charge is 0.293 e. The number of nitrogen functional groups attached to an aromatic ring is 1. The van der Waals surface area contributed by atoms with Gasteiger partial charge in [-0.25, -0.2) is 0 Å². The van der Waals surface area contributed by atoms with Crippen molar-refractivity contribution in [2.45, 2.75) is 26.7 Å². The summed E-state index contributed by atoms with van der Waals surface area (Å²) in [4.78, 5) is 24.3. The number of benzene rings is 1.